The summed E-state index contributed by atoms with van der Waals surface area (Å²) in [6.45, 7) is 4.06. The molecule has 132 valence electrons. The van der Waals surface area contributed by atoms with Crippen molar-refractivity contribution in [2.45, 2.75) is 0 Å². The standard InChI is InChI=1S/C19H14BrIN2O3/c1-2-7-25-18-14(20)8-12(9-15(18)21)11-22-23-19(24)17-10-13-5-3-4-6-16(13)26-17/h2-6,8-11H,1,7H2,(H,23,24)/b22-11+. The molecule has 3 aromatic rings. The lowest BCUT2D eigenvalue weighted by Gasteiger charge is -2.09. The Balaban J connectivity index is 1.69. The van der Waals surface area contributed by atoms with Gasteiger partial charge in [0.25, 0.3) is 0 Å². The highest BCUT2D eigenvalue weighted by Gasteiger charge is 2.11. The summed E-state index contributed by atoms with van der Waals surface area (Å²) in [6, 6.07) is 12.9. The van der Waals surface area contributed by atoms with E-state index < -0.39 is 5.91 Å². The largest absolute Gasteiger partial charge is 0.487 e. The summed E-state index contributed by atoms with van der Waals surface area (Å²) >= 11 is 5.66. The molecule has 0 aliphatic rings. The number of amides is 1. The van der Waals surface area contributed by atoms with Crippen LogP contribution in [0.5, 0.6) is 5.75 Å². The van der Waals surface area contributed by atoms with Crippen molar-refractivity contribution < 1.29 is 13.9 Å². The number of halogens is 2. The Morgan fingerprint density at radius 3 is 2.88 bits per heavy atom. The minimum absolute atomic E-state index is 0.215. The van der Waals surface area contributed by atoms with Gasteiger partial charge in [-0.1, -0.05) is 30.9 Å². The minimum atomic E-state index is -0.405. The van der Waals surface area contributed by atoms with Crippen LogP contribution in [-0.4, -0.2) is 18.7 Å². The molecule has 0 unspecified atom stereocenters. The highest BCUT2D eigenvalue weighted by atomic mass is 127. The van der Waals surface area contributed by atoms with Crippen molar-refractivity contribution in [2.75, 3.05) is 6.61 Å². The fourth-order valence-electron chi connectivity index (χ4n) is 2.25. The molecule has 1 amide bonds. The van der Waals surface area contributed by atoms with E-state index in [0.717, 1.165) is 24.7 Å². The maximum atomic E-state index is 12.2. The summed E-state index contributed by atoms with van der Waals surface area (Å²) in [5.41, 5.74) is 3.95. The number of hydrogen-bond acceptors (Lipinski definition) is 4. The summed E-state index contributed by atoms with van der Waals surface area (Å²) in [6.07, 6.45) is 3.25. The number of carbonyl (C=O) groups excluding carboxylic acids is 1. The average Bonchev–Trinajstić information content (AvgIpc) is 3.05. The van der Waals surface area contributed by atoms with E-state index in [0.29, 0.717) is 12.2 Å². The molecule has 3 rings (SSSR count). The van der Waals surface area contributed by atoms with E-state index in [2.05, 4.69) is 55.6 Å². The van der Waals surface area contributed by atoms with Crippen molar-refractivity contribution in [1.29, 1.82) is 0 Å². The second-order valence-corrected chi connectivity index (χ2v) is 7.28. The molecule has 0 aliphatic heterocycles. The van der Waals surface area contributed by atoms with Gasteiger partial charge < -0.3 is 9.15 Å². The molecular weight excluding hydrogens is 511 g/mol. The van der Waals surface area contributed by atoms with Crippen molar-refractivity contribution in [3.63, 3.8) is 0 Å². The fourth-order valence-corrected chi connectivity index (χ4v) is 4.02. The van der Waals surface area contributed by atoms with Gasteiger partial charge in [-0.3, -0.25) is 4.79 Å². The number of hydrazone groups is 1. The third-order valence-corrected chi connectivity index (χ3v) is 4.79. The predicted molar refractivity (Wildman–Crippen MR) is 114 cm³/mol. The molecule has 0 radical (unpaired) electrons. The molecule has 0 atom stereocenters. The number of benzene rings is 2. The summed E-state index contributed by atoms with van der Waals surface area (Å²) in [7, 11) is 0. The van der Waals surface area contributed by atoms with E-state index in [9.17, 15) is 4.79 Å². The minimum Gasteiger partial charge on any atom is -0.487 e. The number of para-hydroxylation sites is 1. The Bertz CT molecular complexity index is 941. The first-order chi connectivity index (χ1) is 12.6. The molecule has 1 aromatic heterocycles. The van der Waals surface area contributed by atoms with Gasteiger partial charge in [0, 0.05) is 5.39 Å². The Kier molecular flexibility index (Phi) is 6.10. The number of nitrogens with zero attached hydrogens (tertiary/aromatic N) is 1. The van der Waals surface area contributed by atoms with Crippen LogP contribution < -0.4 is 10.2 Å². The van der Waals surface area contributed by atoms with Gasteiger partial charge >= 0.3 is 5.91 Å². The quantitative estimate of drug-likeness (QED) is 0.210. The molecule has 0 spiro atoms. The number of rotatable bonds is 6. The number of furan rings is 1. The van der Waals surface area contributed by atoms with Crippen LogP contribution in [-0.2, 0) is 0 Å². The highest BCUT2D eigenvalue weighted by molar-refractivity contribution is 14.1. The Hall–Kier alpha value is -2.13. The average molecular weight is 525 g/mol. The third-order valence-electron chi connectivity index (χ3n) is 3.40. The van der Waals surface area contributed by atoms with Gasteiger partial charge in [-0.25, -0.2) is 5.43 Å². The van der Waals surface area contributed by atoms with Gasteiger partial charge in [-0.05, 0) is 68.3 Å². The van der Waals surface area contributed by atoms with Crippen molar-refractivity contribution in [3.8, 4) is 5.75 Å². The molecule has 26 heavy (non-hydrogen) atoms. The molecule has 2 aromatic carbocycles. The smallest absolute Gasteiger partial charge is 0.307 e. The van der Waals surface area contributed by atoms with Crippen molar-refractivity contribution in [2.24, 2.45) is 5.10 Å². The molecule has 0 bridgehead atoms. The monoisotopic (exact) mass is 524 g/mol. The molecule has 0 aliphatic carbocycles. The lowest BCUT2D eigenvalue weighted by atomic mass is 10.2. The first-order valence-corrected chi connectivity index (χ1v) is 9.50. The van der Waals surface area contributed by atoms with Gasteiger partial charge in [-0.2, -0.15) is 5.10 Å². The number of hydrogen-bond donors (Lipinski definition) is 1. The van der Waals surface area contributed by atoms with Gasteiger partial charge in [0.1, 0.15) is 17.9 Å². The van der Waals surface area contributed by atoms with Crippen molar-refractivity contribution >= 4 is 61.6 Å². The normalized spacial score (nSPS) is 11.0. The molecule has 1 N–H and O–H groups in total. The first kappa shape index (κ1) is 18.7. The predicted octanol–water partition coefficient (Wildman–Crippen LogP) is 5.13. The fraction of sp³-hybridized carbons (Fsp3) is 0.0526. The van der Waals surface area contributed by atoms with E-state index in [1.165, 1.54) is 0 Å². The molecular formula is C19H14BrIN2O3. The lowest BCUT2D eigenvalue weighted by molar-refractivity contribution is 0.0929. The van der Waals surface area contributed by atoms with E-state index in [-0.39, 0.29) is 5.76 Å². The summed E-state index contributed by atoms with van der Waals surface area (Å²) in [5.74, 6) is 0.554. The Morgan fingerprint density at radius 1 is 1.35 bits per heavy atom. The van der Waals surface area contributed by atoms with Gasteiger partial charge in [0.05, 0.1) is 14.3 Å². The summed E-state index contributed by atoms with van der Waals surface area (Å²) in [4.78, 5) is 12.2. The topological polar surface area (TPSA) is 63.8 Å². The maximum Gasteiger partial charge on any atom is 0.307 e. The lowest BCUT2D eigenvalue weighted by Crippen LogP contribution is -2.16. The number of nitrogens with one attached hydrogen (secondary N) is 1. The van der Waals surface area contributed by atoms with Crippen LogP contribution in [0.2, 0.25) is 0 Å². The van der Waals surface area contributed by atoms with Crippen LogP contribution in [0.25, 0.3) is 11.0 Å². The molecule has 0 saturated carbocycles. The number of ether oxygens (including phenoxy) is 1. The van der Waals surface area contributed by atoms with Crippen LogP contribution in [0.3, 0.4) is 0 Å². The van der Waals surface area contributed by atoms with Crippen LogP contribution in [0.1, 0.15) is 16.1 Å². The summed E-state index contributed by atoms with van der Waals surface area (Å²) < 4.78 is 12.8. The first-order valence-electron chi connectivity index (χ1n) is 7.63. The molecule has 5 nitrogen and oxygen atoms in total. The van der Waals surface area contributed by atoms with Gasteiger partial charge in [0.15, 0.2) is 5.76 Å². The molecule has 0 fully saturated rings. The van der Waals surface area contributed by atoms with Crippen LogP contribution in [0.4, 0.5) is 0 Å². The second kappa shape index (κ2) is 8.50. The summed E-state index contributed by atoms with van der Waals surface area (Å²) in [5, 5.41) is 4.87. The van der Waals surface area contributed by atoms with E-state index >= 15 is 0 Å². The molecule has 0 saturated heterocycles. The van der Waals surface area contributed by atoms with Crippen LogP contribution >= 0.6 is 38.5 Å². The Labute approximate surface area is 172 Å². The Morgan fingerprint density at radius 2 is 2.15 bits per heavy atom. The molecule has 7 heteroatoms. The third kappa shape index (κ3) is 4.34. The van der Waals surface area contributed by atoms with Crippen molar-refractivity contribution in [3.05, 3.63) is 74.5 Å². The van der Waals surface area contributed by atoms with Crippen LogP contribution in [0, 0.1) is 3.57 Å². The van der Waals surface area contributed by atoms with Gasteiger partial charge in [-0.15, -0.1) is 0 Å². The highest BCUT2D eigenvalue weighted by Crippen LogP contribution is 2.31. The molecule has 1 heterocycles. The maximum absolute atomic E-state index is 12.2. The zero-order valence-corrected chi connectivity index (χ0v) is 17.3. The zero-order chi connectivity index (χ0) is 18.5. The van der Waals surface area contributed by atoms with E-state index in [1.807, 2.05) is 36.4 Å². The zero-order valence-electron chi connectivity index (χ0n) is 13.5. The van der Waals surface area contributed by atoms with E-state index in [1.54, 1.807) is 18.4 Å². The van der Waals surface area contributed by atoms with Crippen LogP contribution in [0.15, 0.2) is 69.1 Å². The van der Waals surface area contributed by atoms with Gasteiger partial charge in [0.2, 0.25) is 0 Å². The number of carbonyl (C=O) groups is 1. The second-order valence-electron chi connectivity index (χ2n) is 5.26. The SMILES string of the molecule is C=CCOc1c(Br)cc(/C=N/NC(=O)c2cc3ccccc3o2)cc1I. The van der Waals surface area contributed by atoms with E-state index in [4.69, 9.17) is 9.15 Å². The number of fused-ring (bicyclic) bond motifs is 1. The van der Waals surface area contributed by atoms with Crippen molar-refractivity contribution in [1.82, 2.24) is 5.43 Å².